The second kappa shape index (κ2) is 13.6. The van der Waals surface area contributed by atoms with Crippen LogP contribution in [0, 0.1) is 54.3 Å². The fourth-order valence-corrected chi connectivity index (χ4v) is 8.39. The zero-order chi connectivity index (χ0) is 40.7. The van der Waals surface area contributed by atoms with Crippen molar-refractivity contribution in [2.24, 2.45) is 0 Å². The summed E-state index contributed by atoms with van der Waals surface area (Å²) in [6.07, 6.45) is 0. The Balaban J connectivity index is 1.37. The van der Waals surface area contributed by atoms with Gasteiger partial charge in [-0.3, -0.25) is 0 Å². The fraction of sp³-hybridized carbons (Fsp3) is 0.0392. The monoisotopic (exact) mass is 779 g/mol. The number of hydrogen-bond acceptors (Lipinski definition) is 1. The summed E-state index contributed by atoms with van der Waals surface area (Å²) in [5.41, 5.74) is 7.61. The topological polar surface area (TPSA) is 33.6 Å². The van der Waals surface area contributed by atoms with E-state index in [1.165, 1.54) is 12.1 Å². The minimum atomic E-state index is -2.25. The summed E-state index contributed by atoms with van der Waals surface area (Å²) in [6.45, 7) is 4.01. The minimum absolute atomic E-state index is 0.115. The van der Waals surface area contributed by atoms with Gasteiger partial charge in [-0.2, -0.15) is 5.26 Å². The number of nitriles is 1. The highest BCUT2D eigenvalue weighted by molar-refractivity contribution is 6.12. The third-order valence-electron chi connectivity index (χ3n) is 11.3. The predicted molar refractivity (Wildman–Crippen MR) is 225 cm³/mol. The average molecular weight is 780 g/mol. The third kappa shape index (κ3) is 5.53. The third-order valence-corrected chi connectivity index (χ3v) is 11.3. The van der Waals surface area contributed by atoms with Crippen LogP contribution >= 0.6 is 0 Å². The number of fused-ring (bicyclic) bond motifs is 6. The van der Waals surface area contributed by atoms with Crippen LogP contribution < -0.4 is 0 Å². The van der Waals surface area contributed by atoms with E-state index in [0.29, 0.717) is 22.1 Å². The smallest absolute Gasteiger partial charge is 0.200 e. The molecule has 0 atom stereocenters. The molecule has 0 aliphatic heterocycles. The Labute approximate surface area is 335 Å². The van der Waals surface area contributed by atoms with Crippen molar-refractivity contribution in [3.63, 3.8) is 0 Å². The van der Waals surface area contributed by atoms with E-state index in [9.17, 15) is 9.65 Å². The van der Waals surface area contributed by atoms with Gasteiger partial charge in [0, 0.05) is 21.5 Å². The first-order chi connectivity index (χ1) is 28.6. The fourth-order valence-electron chi connectivity index (χ4n) is 8.39. The Morgan fingerprint density at radius 1 is 0.390 bits per heavy atom. The van der Waals surface area contributed by atoms with E-state index in [2.05, 4.69) is 6.07 Å². The van der Waals surface area contributed by atoms with Gasteiger partial charge >= 0.3 is 0 Å². The molecule has 0 spiro atoms. The van der Waals surface area contributed by atoms with Gasteiger partial charge in [0.05, 0.1) is 39.0 Å². The van der Waals surface area contributed by atoms with E-state index in [1.54, 1.807) is 0 Å². The number of aryl methyl sites for hydroxylation is 2. The van der Waals surface area contributed by atoms with Gasteiger partial charge in [-0.1, -0.05) is 120 Å². The molecule has 2 aromatic heterocycles. The van der Waals surface area contributed by atoms with Crippen molar-refractivity contribution < 1.29 is 22.0 Å². The maximum atomic E-state index is 16.0. The molecule has 284 valence electrons. The molecule has 0 aliphatic rings. The van der Waals surface area contributed by atoms with Crippen LogP contribution in [0.3, 0.4) is 0 Å². The van der Waals surface area contributed by atoms with Crippen molar-refractivity contribution in [2.45, 2.75) is 13.8 Å². The van der Waals surface area contributed by atoms with Gasteiger partial charge in [0.2, 0.25) is 5.82 Å². The van der Waals surface area contributed by atoms with E-state index in [0.717, 1.165) is 54.9 Å². The molecule has 0 saturated carbocycles. The lowest BCUT2D eigenvalue weighted by Crippen LogP contribution is -2.08. The van der Waals surface area contributed by atoms with Crippen LogP contribution in [0.5, 0.6) is 0 Å². The SMILES string of the molecule is Cc1ccc(-c2ccc3c4ccccc4n(-c4cc(-c5c(F)c(F)c(F)c(F)c5F)cc(-n5c6ccccc6c6ccc(-c7ccc(C)cc7)cc65)c4C#N)c3c2)cc1. The highest BCUT2D eigenvalue weighted by Gasteiger charge is 2.29. The predicted octanol–water partition coefficient (Wildman–Crippen LogP) is 14.1. The normalized spacial score (nSPS) is 11.6. The number of hydrogen-bond donors (Lipinski definition) is 0. The van der Waals surface area contributed by atoms with Crippen molar-refractivity contribution in [2.75, 3.05) is 0 Å². The molecule has 0 bridgehead atoms. The highest BCUT2D eigenvalue weighted by Crippen LogP contribution is 2.43. The molecule has 0 aliphatic carbocycles. The number of para-hydroxylation sites is 2. The van der Waals surface area contributed by atoms with E-state index in [-0.39, 0.29) is 22.5 Å². The number of benzene rings is 8. The molecule has 0 unspecified atom stereocenters. The number of rotatable bonds is 5. The molecule has 8 heteroatoms. The molecular formula is C51H30F5N3. The summed E-state index contributed by atoms with van der Waals surface area (Å²) < 4.78 is 80.3. The molecule has 2 heterocycles. The van der Waals surface area contributed by atoms with Gasteiger partial charge in [0.25, 0.3) is 0 Å². The summed E-state index contributed by atoms with van der Waals surface area (Å²) in [5.74, 6) is -10.3. The minimum Gasteiger partial charge on any atom is -0.308 e. The largest absolute Gasteiger partial charge is 0.308 e. The molecule has 0 radical (unpaired) electrons. The van der Waals surface area contributed by atoms with Gasteiger partial charge in [0.1, 0.15) is 11.6 Å². The maximum absolute atomic E-state index is 16.0. The summed E-state index contributed by atoms with van der Waals surface area (Å²) in [7, 11) is 0. The molecule has 10 rings (SSSR count). The van der Waals surface area contributed by atoms with Crippen molar-refractivity contribution >= 4 is 43.6 Å². The van der Waals surface area contributed by atoms with Gasteiger partial charge in [0.15, 0.2) is 23.3 Å². The lowest BCUT2D eigenvalue weighted by molar-refractivity contribution is 0.381. The molecule has 8 aromatic carbocycles. The van der Waals surface area contributed by atoms with Crippen molar-refractivity contribution in [3.05, 3.63) is 191 Å². The molecule has 10 aromatic rings. The van der Waals surface area contributed by atoms with E-state index >= 15 is 17.6 Å². The summed E-state index contributed by atoms with van der Waals surface area (Å²) in [5, 5.41) is 14.7. The van der Waals surface area contributed by atoms with E-state index in [4.69, 9.17) is 0 Å². The molecule has 0 saturated heterocycles. The van der Waals surface area contributed by atoms with Crippen molar-refractivity contribution in [1.82, 2.24) is 9.13 Å². The highest BCUT2D eigenvalue weighted by atomic mass is 19.2. The maximum Gasteiger partial charge on any atom is 0.200 e. The van der Waals surface area contributed by atoms with Gasteiger partial charge in [-0.15, -0.1) is 0 Å². The molecular weight excluding hydrogens is 750 g/mol. The van der Waals surface area contributed by atoms with Crippen LogP contribution in [0.1, 0.15) is 16.7 Å². The second-order valence-electron chi connectivity index (χ2n) is 14.8. The Hall–Kier alpha value is -7.50. The first kappa shape index (κ1) is 35.9. The summed E-state index contributed by atoms with van der Waals surface area (Å²) in [6, 6.07) is 48.3. The Morgan fingerprint density at radius 2 is 0.763 bits per heavy atom. The number of halogens is 5. The number of aromatic nitrogens is 2. The summed E-state index contributed by atoms with van der Waals surface area (Å²) >= 11 is 0. The first-order valence-electron chi connectivity index (χ1n) is 18.9. The Morgan fingerprint density at radius 3 is 1.19 bits per heavy atom. The average Bonchev–Trinajstić information content (AvgIpc) is 3.77. The lowest BCUT2D eigenvalue weighted by Gasteiger charge is -2.19. The van der Waals surface area contributed by atoms with Gasteiger partial charge < -0.3 is 9.13 Å². The number of nitrogens with zero attached hydrogens (tertiary/aromatic N) is 3. The van der Waals surface area contributed by atoms with E-state index < -0.39 is 34.6 Å². The molecule has 3 nitrogen and oxygen atoms in total. The zero-order valence-corrected chi connectivity index (χ0v) is 31.6. The Bertz CT molecular complexity index is 3190. The van der Waals surface area contributed by atoms with Crippen LogP contribution in [-0.4, -0.2) is 9.13 Å². The summed E-state index contributed by atoms with van der Waals surface area (Å²) in [4.78, 5) is 0. The van der Waals surface area contributed by atoms with Crippen molar-refractivity contribution in [1.29, 1.82) is 5.26 Å². The Kier molecular flexibility index (Phi) is 8.25. The first-order valence-corrected chi connectivity index (χ1v) is 18.9. The molecule has 0 fully saturated rings. The van der Waals surface area contributed by atoms with E-state index in [1.807, 2.05) is 156 Å². The molecule has 0 N–H and O–H groups in total. The van der Waals surface area contributed by atoms with Crippen LogP contribution in [0.2, 0.25) is 0 Å². The van der Waals surface area contributed by atoms with Crippen LogP contribution in [0.15, 0.2) is 146 Å². The van der Waals surface area contributed by atoms with Crippen molar-refractivity contribution in [3.8, 4) is 50.8 Å². The van der Waals surface area contributed by atoms with Crippen LogP contribution in [-0.2, 0) is 0 Å². The van der Waals surface area contributed by atoms with Gasteiger partial charge in [-0.25, -0.2) is 22.0 Å². The standard InChI is InChI=1S/C51H30F5N3/c1-28-11-15-30(16-12-28)32-19-21-37-35-7-3-5-9-40(35)58(42(37)23-32)44-25-34(46-47(52)49(54)51(56)50(55)48(46)53)26-45(39(44)27-57)59-41-10-6-4-8-36(41)38-22-20-33(24-43(38)59)31-17-13-29(2)14-18-31/h3-26H,1-2H3. The quantitative estimate of drug-likeness (QED) is 0.0973. The zero-order valence-electron chi connectivity index (χ0n) is 31.6. The second-order valence-corrected chi connectivity index (χ2v) is 14.8. The lowest BCUT2D eigenvalue weighted by atomic mass is 9.98. The van der Waals surface area contributed by atoms with Gasteiger partial charge in [-0.05, 0) is 78.1 Å². The van der Waals surface area contributed by atoms with Crippen LogP contribution in [0.25, 0.3) is 88.4 Å². The van der Waals surface area contributed by atoms with Crippen LogP contribution in [0.4, 0.5) is 22.0 Å². The molecule has 0 amide bonds. The molecule has 59 heavy (non-hydrogen) atoms.